The number of hydrogen-bond acceptors (Lipinski definition) is 6. The quantitative estimate of drug-likeness (QED) is 0.928. The fourth-order valence-electron chi connectivity index (χ4n) is 1.04. The molecule has 1 amide bonds. The van der Waals surface area contributed by atoms with Gasteiger partial charge >= 0.3 is 0 Å². The van der Waals surface area contributed by atoms with Crippen molar-refractivity contribution in [2.45, 2.75) is 6.54 Å². The predicted octanol–water partition coefficient (Wildman–Crippen LogP) is 1.56. The molecule has 0 aliphatic carbocycles. The van der Waals surface area contributed by atoms with Gasteiger partial charge in [-0.1, -0.05) is 27.7 Å². The van der Waals surface area contributed by atoms with Crippen molar-refractivity contribution in [1.29, 1.82) is 0 Å². The normalized spacial score (nSPS) is 10.2. The second-order valence-corrected chi connectivity index (χ2v) is 4.31. The molecule has 2 aromatic rings. The molecule has 2 heterocycles. The Hall–Kier alpha value is -1.31. The first-order chi connectivity index (χ1) is 8.16. The van der Waals surface area contributed by atoms with Crippen LogP contribution in [-0.4, -0.2) is 25.7 Å². The van der Waals surface area contributed by atoms with Crippen LogP contribution in [0.3, 0.4) is 0 Å². The third-order valence-corrected chi connectivity index (χ3v) is 2.82. The minimum absolute atomic E-state index is 0.00306. The first-order valence-corrected chi connectivity index (χ1v) is 5.99. The topological polar surface area (TPSA) is 80.7 Å². The van der Waals surface area contributed by atoms with Crippen LogP contribution in [0.5, 0.6) is 0 Å². The lowest BCUT2D eigenvalue weighted by Crippen LogP contribution is -2.23. The SMILES string of the molecule is O=C(NCc1csnn1)c1cc(Cl)nnc1Cl. The van der Waals surface area contributed by atoms with Crippen LogP contribution in [0, 0.1) is 0 Å². The highest BCUT2D eigenvalue weighted by Gasteiger charge is 2.13. The van der Waals surface area contributed by atoms with Crippen molar-refractivity contribution in [2.24, 2.45) is 0 Å². The lowest BCUT2D eigenvalue weighted by Gasteiger charge is -2.03. The molecule has 0 spiro atoms. The molecular formula is C8H5Cl2N5OS. The van der Waals surface area contributed by atoms with E-state index >= 15 is 0 Å². The molecular weight excluding hydrogens is 285 g/mol. The molecule has 1 N–H and O–H groups in total. The standard InChI is InChI=1S/C8H5Cl2N5OS/c9-6-1-5(7(10)14-13-6)8(16)11-2-4-3-17-15-12-4/h1,3H,2H2,(H,11,16). The fourth-order valence-corrected chi connectivity index (χ4v) is 1.82. The lowest BCUT2D eigenvalue weighted by atomic mass is 10.3. The number of nitrogens with zero attached hydrogens (tertiary/aromatic N) is 4. The van der Waals surface area contributed by atoms with Crippen molar-refractivity contribution >= 4 is 40.6 Å². The smallest absolute Gasteiger partial charge is 0.254 e. The number of carbonyl (C=O) groups is 1. The molecule has 0 radical (unpaired) electrons. The molecule has 0 atom stereocenters. The Labute approximate surface area is 110 Å². The van der Waals surface area contributed by atoms with E-state index in [1.54, 1.807) is 5.38 Å². The molecule has 0 unspecified atom stereocenters. The first kappa shape index (κ1) is 12.2. The zero-order valence-corrected chi connectivity index (χ0v) is 10.6. The highest BCUT2D eigenvalue weighted by Crippen LogP contribution is 2.15. The van der Waals surface area contributed by atoms with Gasteiger partial charge in [-0.15, -0.1) is 15.3 Å². The molecule has 0 saturated carbocycles. The maximum absolute atomic E-state index is 11.7. The van der Waals surface area contributed by atoms with E-state index in [2.05, 4.69) is 25.1 Å². The molecule has 0 aromatic carbocycles. The molecule has 9 heteroatoms. The number of aromatic nitrogens is 4. The van der Waals surface area contributed by atoms with Gasteiger partial charge in [0.1, 0.15) is 0 Å². The van der Waals surface area contributed by atoms with E-state index in [4.69, 9.17) is 23.2 Å². The Morgan fingerprint density at radius 3 is 2.88 bits per heavy atom. The van der Waals surface area contributed by atoms with Crippen LogP contribution >= 0.6 is 34.7 Å². The largest absolute Gasteiger partial charge is 0.346 e. The van der Waals surface area contributed by atoms with E-state index < -0.39 is 0 Å². The van der Waals surface area contributed by atoms with Crippen molar-refractivity contribution in [3.05, 3.63) is 33.0 Å². The number of amides is 1. The molecule has 0 aliphatic heterocycles. The van der Waals surface area contributed by atoms with E-state index in [1.807, 2.05) is 0 Å². The van der Waals surface area contributed by atoms with E-state index in [9.17, 15) is 4.79 Å². The van der Waals surface area contributed by atoms with Crippen LogP contribution in [0.25, 0.3) is 0 Å². The molecule has 0 bridgehead atoms. The molecule has 88 valence electrons. The van der Waals surface area contributed by atoms with Gasteiger partial charge in [0.2, 0.25) is 0 Å². The van der Waals surface area contributed by atoms with E-state index in [0.29, 0.717) is 5.69 Å². The summed E-state index contributed by atoms with van der Waals surface area (Å²) in [4.78, 5) is 11.7. The summed E-state index contributed by atoms with van der Waals surface area (Å²) in [6, 6.07) is 1.35. The van der Waals surface area contributed by atoms with Crippen LogP contribution in [-0.2, 0) is 6.54 Å². The van der Waals surface area contributed by atoms with Gasteiger partial charge in [0.25, 0.3) is 5.91 Å². The van der Waals surface area contributed by atoms with Gasteiger partial charge in [0, 0.05) is 5.38 Å². The van der Waals surface area contributed by atoms with Gasteiger partial charge in [-0.2, -0.15) is 0 Å². The minimum Gasteiger partial charge on any atom is -0.346 e. The highest BCUT2D eigenvalue weighted by atomic mass is 35.5. The number of halogens is 2. The molecule has 2 aromatic heterocycles. The maximum atomic E-state index is 11.7. The second kappa shape index (κ2) is 5.35. The molecule has 6 nitrogen and oxygen atoms in total. The highest BCUT2D eigenvalue weighted by molar-refractivity contribution is 7.03. The van der Waals surface area contributed by atoms with Crippen molar-refractivity contribution in [1.82, 2.24) is 25.1 Å². The molecule has 0 fully saturated rings. The number of hydrogen-bond donors (Lipinski definition) is 1. The third kappa shape index (κ3) is 3.09. The Balaban J connectivity index is 2.07. The first-order valence-electron chi connectivity index (χ1n) is 4.39. The zero-order chi connectivity index (χ0) is 12.3. The van der Waals surface area contributed by atoms with Crippen molar-refractivity contribution in [3.8, 4) is 0 Å². The Morgan fingerprint density at radius 2 is 2.18 bits per heavy atom. The Morgan fingerprint density at radius 1 is 1.35 bits per heavy atom. The van der Waals surface area contributed by atoms with Crippen LogP contribution in [0.15, 0.2) is 11.4 Å². The van der Waals surface area contributed by atoms with Crippen LogP contribution in [0.1, 0.15) is 16.1 Å². The fraction of sp³-hybridized carbons (Fsp3) is 0.125. The summed E-state index contributed by atoms with van der Waals surface area (Å²) in [5, 5.41) is 15.3. The summed E-state index contributed by atoms with van der Waals surface area (Å²) in [7, 11) is 0. The molecule has 17 heavy (non-hydrogen) atoms. The second-order valence-electron chi connectivity index (χ2n) is 2.95. The summed E-state index contributed by atoms with van der Waals surface area (Å²) in [6.45, 7) is 0.269. The van der Waals surface area contributed by atoms with Gasteiger partial charge in [-0.3, -0.25) is 4.79 Å². The van der Waals surface area contributed by atoms with Crippen LogP contribution in [0.4, 0.5) is 0 Å². The molecule has 0 saturated heterocycles. The van der Waals surface area contributed by atoms with Crippen molar-refractivity contribution < 1.29 is 4.79 Å². The summed E-state index contributed by atoms with van der Waals surface area (Å²) in [5.41, 5.74) is 0.849. The molecule has 2 rings (SSSR count). The Kier molecular flexibility index (Phi) is 3.82. The van der Waals surface area contributed by atoms with Crippen LogP contribution < -0.4 is 5.32 Å². The summed E-state index contributed by atoms with van der Waals surface area (Å²) in [5.74, 6) is -0.389. The van der Waals surface area contributed by atoms with Gasteiger partial charge in [-0.25, -0.2) is 0 Å². The summed E-state index contributed by atoms with van der Waals surface area (Å²) < 4.78 is 3.68. The maximum Gasteiger partial charge on any atom is 0.254 e. The summed E-state index contributed by atoms with van der Waals surface area (Å²) >= 11 is 12.6. The monoisotopic (exact) mass is 289 g/mol. The van der Waals surface area contributed by atoms with Crippen molar-refractivity contribution in [2.75, 3.05) is 0 Å². The average Bonchev–Trinajstić information content (AvgIpc) is 2.82. The predicted molar refractivity (Wildman–Crippen MR) is 63.1 cm³/mol. The van der Waals surface area contributed by atoms with Gasteiger partial charge in [-0.05, 0) is 17.6 Å². The Bertz CT molecular complexity index is 533. The van der Waals surface area contributed by atoms with Crippen molar-refractivity contribution in [3.63, 3.8) is 0 Å². The zero-order valence-electron chi connectivity index (χ0n) is 8.22. The lowest BCUT2D eigenvalue weighted by molar-refractivity contribution is 0.0950. The number of nitrogens with one attached hydrogen (secondary N) is 1. The summed E-state index contributed by atoms with van der Waals surface area (Å²) in [6.07, 6.45) is 0. The van der Waals surface area contributed by atoms with Gasteiger partial charge in [0.15, 0.2) is 10.3 Å². The van der Waals surface area contributed by atoms with E-state index in [1.165, 1.54) is 17.6 Å². The van der Waals surface area contributed by atoms with E-state index in [0.717, 1.165) is 0 Å². The average molecular weight is 290 g/mol. The van der Waals surface area contributed by atoms with Gasteiger partial charge in [0.05, 0.1) is 17.8 Å². The number of carbonyl (C=O) groups excluding carboxylic acids is 1. The van der Waals surface area contributed by atoms with Gasteiger partial charge < -0.3 is 5.32 Å². The minimum atomic E-state index is -0.389. The van der Waals surface area contributed by atoms with E-state index in [-0.39, 0.29) is 28.3 Å². The molecule has 0 aliphatic rings. The van der Waals surface area contributed by atoms with Crippen LogP contribution in [0.2, 0.25) is 10.3 Å². The number of rotatable bonds is 3. The third-order valence-electron chi connectivity index (χ3n) is 1.80.